The smallest absolute Gasteiger partial charge is 0.0572 e. The van der Waals surface area contributed by atoms with Crippen LogP contribution in [0.25, 0.3) is 0 Å². The first kappa shape index (κ1) is 11.7. The van der Waals surface area contributed by atoms with Crippen molar-refractivity contribution in [3.63, 3.8) is 0 Å². The van der Waals surface area contributed by atoms with Gasteiger partial charge in [-0.1, -0.05) is 6.92 Å². The molecule has 1 aromatic rings. The Morgan fingerprint density at radius 1 is 1.44 bits per heavy atom. The van der Waals surface area contributed by atoms with Crippen LogP contribution in [0.1, 0.15) is 25.1 Å². The fourth-order valence-electron chi connectivity index (χ4n) is 1.83. The standard InChI is InChI=1S/C12H19N3S/c1-2-11(13)12-4-3-10(9-14-12)15-5-7-16-8-6-15/h3-4,9,11H,2,5-8,13H2,1H3/t11-/m1/s1. The molecule has 0 bridgehead atoms. The van der Waals surface area contributed by atoms with Crippen LogP contribution in [-0.2, 0) is 0 Å². The van der Waals surface area contributed by atoms with Crippen LogP contribution >= 0.6 is 11.8 Å². The number of nitrogens with zero attached hydrogens (tertiary/aromatic N) is 2. The van der Waals surface area contributed by atoms with E-state index in [-0.39, 0.29) is 6.04 Å². The molecule has 1 saturated heterocycles. The normalized spacial score (nSPS) is 18.5. The molecule has 2 rings (SSSR count). The zero-order chi connectivity index (χ0) is 11.4. The van der Waals surface area contributed by atoms with Crippen molar-refractivity contribution in [2.45, 2.75) is 19.4 Å². The second-order valence-corrected chi connectivity index (χ2v) is 5.28. The molecule has 0 spiro atoms. The summed E-state index contributed by atoms with van der Waals surface area (Å²) < 4.78 is 0. The highest BCUT2D eigenvalue weighted by Gasteiger charge is 2.12. The van der Waals surface area contributed by atoms with Gasteiger partial charge in [0.05, 0.1) is 17.6 Å². The molecule has 1 fully saturated rings. The number of hydrogen-bond acceptors (Lipinski definition) is 4. The van der Waals surface area contributed by atoms with Crippen LogP contribution in [0.3, 0.4) is 0 Å². The summed E-state index contributed by atoms with van der Waals surface area (Å²) in [6, 6.07) is 4.28. The molecular formula is C12H19N3S. The van der Waals surface area contributed by atoms with Gasteiger partial charge >= 0.3 is 0 Å². The number of pyridine rings is 1. The van der Waals surface area contributed by atoms with Crippen molar-refractivity contribution in [2.24, 2.45) is 5.73 Å². The van der Waals surface area contributed by atoms with Crippen LogP contribution < -0.4 is 10.6 Å². The molecule has 16 heavy (non-hydrogen) atoms. The number of hydrogen-bond donors (Lipinski definition) is 1. The molecule has 2 N–H and O–H groups in total. The Hall–Kier alpha value is -0.740. The molecule has 1 atom stereocenters. The first-order valence-corrected chi connectivity index (χ1v) is 7.01. The molecule has 0 amide bonds. The number of anilines is 1. The van der Waals surface area contributed by atoms with Crippen LogP contribution in [0.4, 0.5) is 5.69 Å². The summed E-state index contributed by atoms with van der Waals surface area (Å²) in [7, 11) is 0. The second-order valence-electron chi connectivity index (χ2n) is 4.06. The van der Waals surface area contributed by atoms with Crippen molar-refractivity contribution in [1.82, 2.24) is 4.98 Å². The third-order valence-corrected chi connectivity index (χ3v) is 3.91. The van der Waals surface area contributed by atoms with Crippen molar-refractivity contribution in [3.8, 4) is 0 Å². The van der Waals surface area contributed by atoms with Crippen LogP contribution in [0.5, 0.6) is 0 Å². The van der Waals surface area contributed by atoms with Gasteiger partial charge in [0.25, 0.3) is 0 Å². The molecule has 0 saturated carbocycles. The molecule has 4 heteroatoms. The van der Waals surface area contributed by atoms with Gasteiger partial charge in [-0.2, -0.15) is 11.8 Å². The molecule has 0 radical (unpaired) electrons. The maximum atomic E-state index is 5.94. The third-order valence-electron chi connectivity index (χ3n) is 2.97. The van der Waals surface area contributed by atoms with E-state index < -0.39 is 0 Å². The van der Waals surface area contributed by atoms with Crippen molar-refractivity contribution in [1.29, 1.82) is 0 Å². The topological polar surface area (TPSA) is 42.1 Å². The highest BCUT2D eigenvalue weighted by atomic mass is 32.2. The van der Waals surface area contributed by atoms with Gasteiger partial charge in [0.1, 0.15) is 0 Å². The number of nitrogens with two attached hydrogens (primary N) is 1. The van der Waals surface area contributed by atoms with Gasteiger partial charge in [-0.3, -0.25) is 4.98 Å². The maximum Gasteiger partial charge on any atom is 0.0572 e. The van der Waals surface area contributed by atoms with E-state index in [0.29, 0.717) is 0 Å². The zero-order valence-corrected chi connectivity index (χ0v) is 10.5. The predicted molar refractivity (Wildman–Crippen MR) is 71.0 cm³/mol. The Balaban J connectivity index is 2.06. The minimum absolute atomic E-state index is 0.0750. The van der Waals surface area contributed by atoms with Crippen LogP contribution in [0, 0.1) is 0 Å². The van der Waals surface area contributed by atoms with Gasteiger partial charge in [-0.05, 0) is 18.6 Å². The molecule has 88 valence electrons. The lowest BCUT2D eigenvalue weighted by molar-refractivity contribution is 0.675. The lowest BCUT2D eigenvalue weighted by Crippen LogP contribution is -2.32. The predicted octanol–water partition coefficient (Wildman–Crippen LogP) is 2.04. The summed E-state index contributed by atoms with van der Waals surface area (Å²) >= 11 is 2.02. The molecule has 0 unspecified atom stereocenters. The van der Waals surface area contributed by atoms with Crippen molar-refractivity contribution in [2.75, 3.05) is 29.5 Å². The van der Waals surface area contributed by atoms with E-state index in [1.165, 1.54) is 17.2 Å². The average molecular weight is 237 g/mol. The summed E-state index contributed by atoms with van der Waals surface area (Å²) in [6.07, 6.45) is 2.90. The van der Waals surface area contributed by atoms with Crippen LogP contribution in [-0.4, -0.2) is 29.6 Å². The molecule has 1 aromatic heterocycles. The SMILES string of the molecule is CC[C@@H](N)c1ccc(N2CCSCC2)cn1. The Kier molecular flexibility index (Phi) is 4.07. The van der Waals surface area contributed by atoms with Gasteiger partial charge in [0.15, 0.2) is 0 Å². The number of aromatic nitrogens is 1. The van der Waals surface area contributed by atoms with E-state index in [4.69, 9.17) is 5.73 Å². The fraction of sp³-hybridized carbons (Fsp3) is 0.583. The monoisotopic (exact) mass is 237 g/mol. The minimum atomic E-state index is 0.0750. The Labute approximate surface area is 101 Å². The summed E-state index contributed by atoms with van der Waals surface area (Å²) in [5.41, 5.74) is 8.17. The van der Waals surface area contributed by atoms with E-state index in [1.807, 2.05) is 18.0 Å². The van der Waals surface area contributed by atoms with E-state index in [2.05, 4.69) is 28.9 Å². The van der Waals surface area contributed by atoms with Gasteiger partial charge in [-0.15, -0.1) is 0 Å². The fourth-order valence-corrected chi connectivity index (χ4v) is 2.74. The maximum absolute atomic E-state index is 5.94. The Bertz CT molecular complexity index is 320. The van der Waals surface area contributed by atoms with Gasteiger partial charge in [0, 0.05) is 30.6 Å². The highest BCUT2D eigenvalue weighted by Crippen LogP contribution is 2.20. The lowest BCUT2D eigenvalue weighted by Gasteiger charge is -2.28. The van der Waals surface area contributed by atoms with Crippen LogP contribution in [0.2, 0.25) is 0 Å². The molecule has 0 aliphatic carbocycles. The average Bonchev–Trinajstić information content (AvgIpc) is 2.39. The number of rotatable bonds is 3. The van der Waals surface area contributed by atoms with Crippen molar-refractivity contribution < 1.29 is 0 Å². The zero-order valence-electron chi connectivity index (χ0n) is 9.72. The van der Waals surface area contributed by atoms with Gasteiger partial charge in [-0.25, -0.2) is 0 Å². The van der Waals surface area contributed by atoms with Gasteiger partial charge < -0.3 is 10.6 Å². The van der Waals surface area contributed by atoms with Crippen molar-refractivity contribution >= 4 is 17.4 Å². The Morgan fingerprint density at radius 3 is 2.75 bits per heavy atom. The minimum Gasteiger partial charge on any atom is -0.369 e. The summed E-state index contributed by atoms with van der Waals surface area (Å²) in [6.45, 7) is 4.35. The first-order valence-electron chi connectivity index (χ1n) is 5.85. The molecule has 0 aromatic carbocycles. The molecule has 1 aliphatic heterocycles. The number of thioether (sulfide) groups is 1. The Morgan fingerprint density at radius 2 is 2.19 bits per heavy atom. The van der Waals surface area contributed by atoms with E-state index in [9.17, 15) is 0 Å². The molecule has 1 aliphatic rings. The lowest BCUT2D eigenvalue weighted by atomic mass is 10.1. The van der Waals surface area contributed by atoms with E-state index in [1.54, 1.807) is 0 Å². The van der Waals surface area contributed by atoms with Crippen LogP contribution in [0.15, 0.2) is 18.3 Å². The largest absolute Gasteiger partial charge is 0.369 e. The molecule has 2 heterocycles. The second kappa shape index (κ2) is 5.55. The summed E-state index contributed by atoms with van der Waals surface area (Å²) in [5, 5.41) is 0. The third kappa shape index (κ3) is 2.68. The highest BCUT2D eigenvalue weighted by molar-refractivity contribution is 7.99. The van der Waals surface area contributed by atoms with E-state index >= 15 is 0 Å². The quantitative estimate of drug-likeness (QED) is 0.873. The summed E-state index contributed by atoms with van der Waals surface area (Å²) in [4.78, 5) is 6.84. The van der Waals surface area contributed by atoms with Gasteiger partial charge in [0.2, 0.25) is 0 Å². The molecular weight excluding hydrogens is 218 g/mol. The van der Waals surface area contributed by atoms with Crippen molar-refractivity contribution in [3.05, 3.63) is 24.0 Å². The summed E-state index contributed by atoms with van der Waals surface area (Å²) in [5.74, 6) is 2.44. The molecule has 3 nitrogen and oxygen atoms in total. The first-order chi connectivity index (χ1) is 7.81. The van der Waals surface area contributed by atoms with E-state index in [0.717, 1.165) is 25.2 Å².